The molecule has 2 aliphatic carbocycles. The van der Waals surface area contributed by atoms with Crippen molar-refractivity contribution in [2.45, 2.75) is 62.8 Å². The third-order valence-corrected chi connectivity index (χ3v) is 11.5. The molecule has 1 aliphatic heterocycles. The standard InChI is InChI=1S/C30H35N3O2S2/c1-4-32(5-2)23-13-11-19(12-14-23)25-26-20-9-10-21(16-20)27(26)36-29-28(25)37-30(35)33(29)17-24(34)31-22-8-6-7-18(3)15-22/h6-8,11-15,20-21,25-27H,4-5,9-10,16-17H2,1-3H3,(H,31,34)/t20?,21?,25-,26?,27?/m0/s1. The minimum atomic E-state index is -0.149. The molecule has 5 atom stereocenters. The monoisotopic (exact) mass is 533 g/mol. The molecule has 4 unspecified atom stereocenters. The van der Waals surface area contributed by atoms with E-state index in [0.29, 0.717) is 11.2 Å². The van der Waals surface area contributed by atoms with Crippen molar-refractivity contribution in [1.29, 1.82) is 0 Å². The number of anilines is 2. The van der Waals surface area contributed by atoms with Crippen LogP contribution in [0.5, 0.6) is 0 Å². The normalized spacial score (nSPS) is 25.5. The lowest BCUT2D eigenvalue weighted by Gasteiger charge is -2.40. The van der Waals surface area contributed by atoms with Gasteiger partial charge in [0, 0.05) is 40.5 Å². The summed E-state index contributed by atoms with van der Waals surface area (Å²) in [5.41, 5.74) is 4.43. The van der Waals surface area contributed by atoms with Crippen LogP contribution in [-0.2, 0) is 11.3 Å². The minimum absolute atomic E-state index is 0.0195. The number of hydrogen-bond donors (Lipinski definition) is 1. The average molecular weight is 534 g/mol. The lowest BCUT2D eigenvalue weighted by atomic mass is 9.75. The van der Waals surface area contributed by atoms with Gasteiger partial charge in [0.05, 0.1) is 5.03 Å². The number of thiazole rings is 1. The van der Waals surface area contributed by atoms with Gasteiger partial charge in [-0.1, -0.05) is 35.6 Å². The highest BCUT2D eigenvalue weighted by molar-refractivity contribution is 8.00. The fourth-order valence-corrected chi connectivity index (χ4v) is 10.2. The number of hydrogen-bond acceptors (Lipinski definition) is 5. The molecule has 0 spiro atoms. The van der Waals surface area contributed by atoms with Crippen LogP contribution >= 0.6 is 23.1 Å². The van der Waals surface area contributed by atoms with Gasteiger partial charge in [-0.2, -0.15) is 0 Å². The van der Waals surface area contributed by atoms with Crippen molar-refractivity contribution in [3.8, 4) is 0 Å². The number of carbonyl (C=O) groups excluding carboxylic acids is 1. The van der Waals surface area contributed by atoms with Gasteiger partial charge in [-0.05, 0) is 93.2 Å². The number of aromatic nitrogens is 1. The molecule has 7 heteroatoms. The fourth-order valence-electron chi connectivity index (χ4n) is 7.01. The third-order valence-electron chi connectivity index (χ3n) is 8.68. The smallest absolute Gasteiger partial charge is 0.308 e. The number of amides is 1. The van der Waals surface area contributed by atoms with Gasteiger partial charge in [0.2, 0.25) is 5.91 Å². The summed E-state index contributed by atoms with van der Waals surface area (Å²) in [6, 6.07) is 16.9. The summed E-state index contributed by atoms with van der Waals surface area (Å²) in [7, 11) is 0. The average Bonchev–Trinajstić information content (AvgIpc) is 3.58. The van der Waals surface area contributed by atoms with E-state index >= 15 is 0 Å². The molecule has 3 aromatic rings. The molecular weight excluding hydrogens is 498 g/mol. The van der Waals surface area contributed by atoms with E-state index in [1.165, 1.54) is 46.7 Å². The van der Waals surface area contributed by atoms with Crippen LogP contribution < -0.4 is 15.1 Å². The van der Waals surface area contributed by atoms with E-state index in [0.717, 1.165) is 41.2 Å². The van der Waals surface area contributed by atoms with E-state index in [9.17, 15) is 9.59 Å². The van der Waals surface area contributed by atoms with Crippen LogP contribution in [0.2, 0.25) is 0 Å². The molecule has 3 aliphatic rings. The number of aryl methyl sites for hydroxylation is 1. The summed E-state index contributed by atoms with van der Waals surface area (Å²) < 4.78 is 1.75. The first kappa shape index (κ1) is 24.8. The molecular formula is C30H35N3O2S2. The molecule has 37 heavy (non-hydrogen) atoms. The maximum Gasteiger partial charge on any atom is 0.308 e. The first-order chi connectivity index (χ1) is 18.0. The van der Waals surface area contributed by atoms with Gasteiger partial charge in [0.15, 0.2) is 0 Å². The predicted molar refractivity (Wildman–Crippen MR) is 154 cm³/mol. The van der Waals surface area contributed by atoms with Crippen molar-refractivity contribution >= 4 is 40.4 Å². The largest absolute Gasteiger partial charge is 0.372 e. The maximum absolute atomic E-state index is 13.3. The van der Waals surface area contributed by atoms with Crippen LogP contribution in [0.3, 0.4) is 0 Å². The highest BCUT2D eigenvalue weighted by Crippen LogP contribution is 2.64. The minimum Gasteiger partial charge on any atom is -0.372 e. The van der Waals surface area contributed by atoms with E-state index in [2.05, 4.69) is 48.3 Å². The Morgan fingerprint density at radius 2 is 1.84 bits per heavy atom. The second-order valence-corrected chi connectivity index (χ2v) is 12.9. The Morgan fingerprint density at radius 3 is 2.57 bits per heavy atom. The summed E-state index contributed by atoms with van der Waals surface area (Å²) in [6.45, 7) is 8.43. The molecule has 2 heterocycles. The Hall–Kier alpha value is -2.51. The number of benzene rings is 2. The van der Waals surface area contributed by atoms with Crippen molar-refractivity contribution in [3.63, 3.8) is 0 Å². The molecule has 2 saturated carbocycles. The zero-order valence-corrected chi connectivity index (χ0v) is 23.4. The Bertz CT molecular complexity index is 1360. The molecule has 194 valence electrons. The van der Waals surface area contributed by atoms with Crippen molar-refractivity contribution < 1.29 is 4.79 Å². The SMILES string of the molecule is CCN(CC)c1ccc([C@@H]2c3sc(=O)n(CC(=O)Nc4cccc(C)c4)c3SC3C4CCC(C4)C32)cc1. The summed E-state index contributed by atoms with van der Waals surface area (Å²) >= 11 is 3.25. The van der Waals surface area contributed by atoms with E-state index < -0.39 is 0 Å². The molecule has 2 aromatic carbocycles. The van der Waals surface area contributed by atoms with E-state index in [4.69, 9.17) is 0 Å². The number of thioether (sulfide) groups is 1. The van der Waals surface area contributed by atoms with Crippen LogP contribution in [-0.4, -0.2) is 28.8 Å². The van der Waals surface area contributed by atoms with Crippen molar-refractivity contribution in [2.24, 2.45) is 17.8 Å². The van der Waals surface area contributed by atoms with Gasteiger partial charge >= 0.3 is 4.87 Å². The second-order valence-electron chi connectivity index (χ2n) is 10.8. The van der Waals surface area contributed by atoms with Crippen molar-refractivity contribution in [3.05, 3.63) is 74.2 Å². The summed E-state index contributed by atoms with van der Waals surface area (Å²) in [4.78, 5) is 29.9. The highest BCUT2D eigenvalue weighted by atomic mass is 32.2. The van der Waals surface area contributed by atoms with Crippen LogP contribution in [0.1, 0.15) is 55.0 Å². The van der Waals surface area contributed by atoms with E-state index in [1.54, 1.807) is 4.57 Å². The fraction of sp³-hybridized carbons (Fsp3) is 0.467. The molecule has 1 N–H and O–H groups in total. The lowest BCUT2D eigenvalue weighted by molar-refractivity contribution is -0.116. The molecule has 2 fully saturated rings. The van der Waals surface area contributed by atoms with Crippen molar-refractivity contribution in [2.75, 3.05) is 23.3 Å². The van der Waals surface area contributed by atoms with Gasteiger partial charge in [-0.15, -0.1) is 11.8 Å². The summed E-state index contributed by atoms with van der Waals surface area (Å²) in [5, 5.41) is 4.55. The van der Waals surface area contributed by atoms with Gasteiger partial charge in [-0.25, -0.2) is 0 Å². The van der Waals surface area contributed by atoms with Gasteiger partial charge in [-0.3, -0.25) is 14.2 Å². The number of rotatable bonds is 7. The molecule has 0 saturated heterocycles. The third kappa shape index (κ3) is 4.44. The van der Waals surface area contributed by atoms with Crippen LogP contribution in [0, 0.1) is 24.7 Å². The van der Waals surface area contributed by atoms with Gasteiger partial charge in [0.1, 0.15) is 6.54 Å². The Labute approximate surface area is 227 Å². The molecule has 5 nitrogen and oxygen atoms in total. The highest BCUT2D eigenvalue weighted by Gasteiger charge is 2.55. The van der Waals surface area contributed by atoms with E-state index in [-0.39, 0.29) is 23.2 Å². The first-order valence-corrected chi connectivity index (χ1v) is 15.3. The van der Waals surface area contributed by atoms with Crippen molar-refractivity contribution in [1.82, 2.24) is 4.57 Å². The van der Waals surface area contributed by atoms with Crippen LogP contribution in [0.4, 0.5) is 11.4 Å². The molecule has 1 aromatic heterocycles. The number of fused-ring (bicyclic) bond motifs is 6. The lowest BCUT2D eigenvalue weighted by Crippen LogP contribution is -2.35. The molecule has 2 bridgehead atoms. The first-order valence-electron chi connectivity index (χ1n) is 13.6. The maximum atomic E-state index is 13.3. The van der Waals surface area contributed by atoms with Gasteiger partial charge in [0.25, 0.3) is 0 Å². The molecule has 0 radical (unpaired) electrons. The van der Waals surface area contributed by atoms with Crippen LogP contribution in [0.15, 0.2) is 58.4 Å². The topological polar surface area (TPSA) is 54.3 Å². The van der Waals surface area contributed by atoms with Crippen LogP contribution in [0.25, 0.3) is 0 Å². The van der Waals surface area contributed by atoms with E-state index in [1.807, 2.05) is 43.0 Å². The number of carbonyl (C=O) groups is 1. The Balaban J connectivity index is 1.35. The predicted octanol–water partition coefficient (Wildman–Crippen LogP) is 6.36. The zero-order chi connectivity index (χ0) is 25.7. The second kappa shape index (κ2) is 9.99. The quantitative estimate of drug-likeness (QED) is 0.384. The Kier molecular flexibility index (Phi) is 6.70. The summed E-state index contributed by atoms with van der Waals surface area (Å²) in [5.74, 6) is 2.11. The zero-order valence-electron chi connectivity index (χ0n) is 21.8. The number of nitrogens with one attached hydrogen (secondary N) is 1. The van der Waals surface area contributed by atoms with Gasteiger partial charge < -0.3 is 10.2 Å². The molecule has 1 amide bonds. The molecule has 6 rings (SSSR count). The Morgan fingerprint density at radius 1 is 1.08 bits per heavy atom. The number of nitrogens with zero attached hydrogens (tertiary/aromatic N) is 2. The summed E-state index contributed by atoms with van der Waals surface area (Å²) in [6.07, 6.45) is 3.91.